The summed E-state index contributed by atoms with van der Waals surface area (Å²) >= 11 is 0. The number of allylic oxidation sites excluding steroid dienone is 1. The highest BCUT2D eigenvalue weighted by Crippen LogP contribution is 2.24. The van der Waals surface area contributed by atoms with E-state index in [-0.39, 0.29) is 23.9 Å². The number of aromatic carboxylic acids is 1. The van der Waals surface area contributed by atoms with E-state index in [2.05, 4.69) is 22.1 Å². The lowest BCUT2D eigenvalue weighted by atomic mass is 9.92. The van der Waals surface area contributed by atoms with E-state index in [9.17, 15) is 9.59 Å². The zero-order valence-corrected chi connectivity index (χ0v) is 20.8. The van der Waals surface area contributed by atoms with Gasteiger partial charge in [-0.1, -0.05) is 48.9 Å². The number of carbonyl (C=O) groups is 2. The maximum absolute atomic E-state index is 11.2. The Balaban J connectivity index is 1.62. The van der Waals surface area contributed by atoms with Crippen LogP contribution in [0.3, 0.4) is 0 Å². The van der Waals surface area contributed by atoms with E-state index in [1.54, 1.807) is 24.5 Å². The monoisotopic (exact) mass is 503 g/mol. The van der Waals surface area contributed by atoms with Crippen molar-refractivity contribution in [1.82, 2.24) is 9.97 Å². The van der Waals surface area contributed by atoms with Crippen molar-refractivity contribution in [3.63, 3.8) is 0 Å². The third kappa shape index (κ3) is 9.76. The Morgan fingerprint density at radius 1 is 0.946 bits per heavy atom. The van der Waals surface area contributed by atoms with Gasteiger partial charge in [0, 0.05) is 24.4 Å². The molecule has 0 saturated heterocycles. The lowest BCUT2D eigenvalue weighted by Crippen LogP contribution is -2.04. The lowest BCUT2D eigenvalue weighted by molar-refractivity contribution is -0.137. The van der Waals surface area contributed by atoms with Gasteiger partial charge in [0.25, 0.3) is 0 Å². The van der Waals surface area contributed by atoms with Gasteiger partial charge in [-0.15, -0.1) is 0 Å². The molecule has 0 bridgehead atoms. The van der Waals surface area contributed by atoms with Gasteiger partial charge in [-0.05, 0) is 67.3 Å². The molecule has 3 aromatic rings. The van der Waals surface area contributed by atoms with Gasteiger partial charge >= 0.3 is 11.9 Å². The predicted octanol–water partition coefficient (Wildman–Crippen LogP) is 5.29. The summed E-state index contributed by atoms with van der Waals surface area (Å²) in [5.41, 5.74) is 8.80. The van der Waals surface area contributed by atoms with E-state index in [0.29, 0.717) is 13.0 Å². The molecule has 0 fully saturated rings. The molecular weight excluding hydrogens is 470 g/mol. The molecule has 0 aliphatic heterocycles. The molecule has 0 saturated carbocycles. The number of para-hydroxylation sites is 1. The highest BCUT2D eigenvalue weighted by Gasteiger charge is 2.10. The summed E-state index contributed by atoms with van der Waals surface area (Å²) in [7, 11) is 0. The average molecular weight is 504 g/mol. The largest absolute Gasteiger partial charge is 0.493 e. The standard InChI is InChI=1S/C29H33N3O5/c30-29-31-19-23(20-32-29)7-5-17-37-26-9-3-2-8-24(26)14-11-21(6-1-4-10-27(33)34)18-22-12-15-25(16-13-22)28(35)36/h2-3,8-9,11-16,19-21H,1,4-7,10,17-18H2,(H,33,34)(H,35,36)(H2,30,31,32)/b14-11+. The first-order valence-corrected chi connectivity index (χ1v) is 12.4. The second-order valence-corrected chi connectivity index (χ2v) is 8.90. The first-order chi connectivity index (χ1) is 17.9. The Bertz CT molecular complexity index is 1180. The molecule has 4 N–H and O–H groups in total. The molecule has 1 atom stereocenters. The number of carboxylic acids is 2. The van der Waals surface area contributed by atoms with Crippen molar-refractivity contribution in [3.8, 4) is 5.75 Å². The molecule has 37 heavy (non-hydrogen) atoms. The molecule has 1 aromatic heterocycles. The summed E-state index contributed by atoms with van der Waals surface area (Å²) in [6, 6.07) is 14.8. The first kappa shape index (κ1) is 27.4. The van der Waals surface area contributed by atoms with E-state index in [4.69, 9.17) is 20.7 Å². The van der Waals surface area contributed by atoms with Crippen LogP contribution in [0.4, 0.5) is 5.95 Å². The molecule has 194 valence electrons. The van der Waals surface area contributed by atoms with E-state index < -0.39 is 11.9 Å². The number of benzene rings is 2. The molecule has 3 rings (SSSR count). The zero-order valence-electron chi connectivity index (χ0n) is 20.8. The third-order valence-electron chi connectivity index (χ3n) is 5.97. The maximum atomic E-state index is 11.2. The Hall–Kier alpha value is -4.20. The molecular formula is C29H33N3O5. The van der Waals surface area contributed by atoms with E-state index in [1.165, 1.54) is 0 Å². The minimum absolute atomic E-state index is 0.156. The van der Waals surface area contributed by atoms with Gasteiger partial charge in [0.15, 0.2) is 0 Å². The summed E-state index contributed by atoms with van der Waals surface area (Å²) in [6.45, 7) is 0.545. The number of hydrogen-bond donors (Lipinski definition) is 3. The Kier molecular flexibility index (Phi) is 10.6. The highest BCUT2D eigenvalue weighted by molar-refractivity contribution is 5.87. The molecule has 2 aromatic carbocycles. The van der Waals surface area contributed by atoms with Crippen LogP contribution in [0.15, 0.2) is 67.0 Å². The second-order valence-electron chi connectivity index (χ2n) is 8.90. The van der Waals surface area contributed by atoms with E-state index in [1.807, 2.05) is 36.4 Å². The maximum Gasteiger partial charge on any atom is 0.335 e. The van der Waals surface area contributed by atoms with Gasteiger partial charge in [-0.2, -0.15) is 0 Å². The molecule has 0 aliphatic carbocycles. The Morgan fingerprint density at radius 3 is 2.38 bits per heavy atom. The number of hydrogen-bond acceptors (Lipinski definition) is 6. The summed E-state index contributed by atoms with van der Waals surface area (Å²) < 4.78 is 6.06. The van der Waals surface area contributed by atoms with Crippen molar-refractivity contribution < 1.29 is 24.5 Å². The fourth-order valence-electron chi connectivity index (χ4n) is 3.98. The number of rotatable bonds is 15. The quantitative estimate of drug-likeness (QED) is 0.238. The number of unbranched alkanes of at least 4 members (excludes halogenated alkanes) is 1. The normalized spacial score (nSPS) is 11.9. The number of carboxylic acid groups (broad SMARTS) is 2. The molecule has 8 heteroatoms. The van der Waals surface area contributed by atoms with E-state index >= 15 is 0 Å². The Morgan fingerprint density at radius 2 is 1.68 bits per heavy atom. The third-order valence-corrected chi connectivity index (χ3v) is 5.97. The number of aromatic nitrogens is 2. The number of nitrogens with zero attached hydrogens (tertiary/aromatic N) is 2. The van der Waals surface area contributed by atoms with Crippen molar-refractivity contribution in [2.45, 2.75) is 44.9 Å². The van der Waals surface area contributed by atoms with Crippen molar-refractivity contribution in [3.05, 3.63) is 89.3 Å². The fourth-order valence-corrected chi connectivity index (χ4v) is 3.98. The van der Waals surface area contributed by atoms with Gasteiger partial charge in [0.2, 0.25) is 5.95 Å². The highest BCUT2D eigenvalue weighted by atomic mass is 16.5. The number of ether oxygens (including phenoxy) is 1. The second kappa shape index (κ2) is 14.4. The summed E-state index contributed by atoms with van der Waals surface area (Å²) in [6.07, 6.45) is 12.4. The SMILES string of the molecule is Nc1ncc(CCCOc2ccccc2/C=C/C(CCCCC(=O)O)Cc2ccc(C(=O)O)cc2)cn1. The fraction of sp³-hybridized carbons (Fsp3) is 0.310. The number of anilines is 1. The molecule has 0 radical (unpaired) electrons. The van der Waals surface area contributed by atoms with Gasteiger partial charge in [0.05, 0.1) is 12.2 Å². The van der Waals surface area contributed by atoms with Gasteiger partial charge in [-0.25, -0.2) is 14.8 Å². The van der Waals surface area contributed by atoms with Gasteiger partial charge < -0.3 is 20.7 Å². The minimum atomic E-state index is -0.949. The Labute approximate surface area is 216 Å². The van der Waals surface area contributed by atoms with Crippen molar-refractivity contribution >= 4 is 24.0 Å². The van der Waals surface area contributed by atoms with Crippen LogP contribution in [0.1, 0.15) is 59.2 Å². The van der Waals surface area contributed by atoms with Crippen LogP contribution in [-0.2, 0) is 17.6 Å². The summed E-state index contributed by atoms with van der Waals surface area (Å²) in [4.78, 5) is 30.1. The number of nitrogens with two attached hydrogens (primary N) is 1. The van der Waals surface area contributed by atoms with Crippen LogP contribution in [0.5, 0.6) is 5.75 Å². The number of aliphatic carboxylic acids is 1. The minimum Gasteiger partial charge on any atom is -0.493 e. The van der Waals surface area contributed by atoms with Gasteiger partial charge in [0.1, 0.15) is 5.75 Å². The van der Waals surface area contributed by atoms with Crippen LogP contribution in [0, 0.1) is 5.92 Å². The number of nitrogen functional groups attached to an aromatic ring is 1. The summed E-state index contributed by atoms with van der Waals surface area (Å²) in [5.74, 6) is -0.509. The van der Waals surface area contributed by atoms with Gasteiger partial charge in [-0.3, -0.25) is 4.79 Å². The molecule has 0 amide bonds. The van der Waals surface area contributed by atoms with Crippen LogP contribution in [0.25, 0.3) is 6.08 Å². The zero-order chi connectivity index (χ0) is 26.5. The predicted molar refractivity (Wildman–Crippen MR) is 142 cm³/mol. The molecule has 8 nitrogen and oxygen atoms in total. The molecule has 1 heterocycles. The van der Waals surface area contributed by atoms with Crippen molar-refractivity contribution in [2.75, 3.05) is 12.3 Å². The number of aryl methyl sites for hydroxylation is 1. The summed E-state index contributed by atoms with van der Waals surface area (Å²) in [5, 5.41) is 18.1. The first-order valence-electron chi connectivity index (χ1n) is 12.4. The van der Waals surface area contributed by atoms with E-state index in [0.717, 1.165) is 54.5 Å². The van der Waals surface area contributed by atoms with Crippen LogP contribution >= 0.6 is 0 Å². The van der Waals surface area contributed by atoms with Crippen LogP contribution in [-0.4, -0.2) is 38.7 Å². The molecule has 1 unspecified atom stereocenters. The topological polar surface area (TPSA) is 136 Å². The lowest BCUT2D eigenvalue weighted by Gasteiger charge is -2.14. The smallest absolute Gasteiger partial charge is 0.335 e. The average Bonchev–Trinajstić information content (AvgIpc) is 2.89. The van der Waals surface area contributed by atoms with Crippen molar-refractivity contribution in [2.24, 2.45) is 5.92 Å². The van der Waals surface area contributed by atoms with Crippen LogP contribution < -0.4 is 10.5 Å². The van der Waals surface area contributed by atoms with Crippen LogP contribution in [0.2, 0.25) is 0 Å². The van der Waals surface area contributed by atoms with Crippen molar-refractivity contribution in [1.29, 1.82) is 0 Å². The molecule has 0 aliphatic rings. The molecule has 0 spiro atoms.